The molecule has 112 valence electrons. The first-order valence-corrected chi connectivity index (χ1v) is 7.20. The summed E-state index contributed by atoms with van der Waals surface area (Å²) < 4.78 is 5.49. The summed E-state index contributed by atoms with van der Waals surface area (Å²) in [4.78, 5) is 16.2. The zero-order chi connectivity index (χ0) is 14.5. The molecule has 0 aromatic carbocycles. The van der Waals surface area contributed by atoms with E-state index in [9.17, 15) is 4.79 Å². The summed E-state index contributed by atoms with van der Waals surface area (Å²) in [6.07, 6.45) is 1.19. The summed E-state index contributed by atoms with van der Waals surface area (Å²) in [7, 11) is 0. The first-order chi connectivity index (χ1) is 9.63. The standard InChI is InChI=1S/C14H24N4O2/c1-3-11(2)18-8-6-17(7-9-18)10-12-4-5-13(20-12)14(19)16-15/h4-5,11H,3,6-10,15H2,1-2H3,(H,16,19). The SMILES string of the molecule is CCC(C)N1CCN(Cc2ccc(C(=O)NN)o2)CC1. The molecule has 1 fully saturated rings. The van der Waals surface area contributed by atoms with Gasteiger partial charge in [-0.2, -0.15) is 0 Å². The predicted molar refractivity (Wildman–Crippen MR) is 77.0 cm³/mol. The zero-order valence-corrected chi connectivity index (χ0v) is 12.3. The second kappa shape index (κ2) is 6.88. The summed E-state index contributed by atoms with van der Waals surface area (Å²) >= 11 is 0. The summed E-state index contributed by atoms with van der Waals surface area (Å²) in [5.41, 5.74) is 2.07. The molecule has 1 unspecified atom stereocenters. The summed E-state index contributed by atoms with van der Waals surface area (Å²) in [6, 6.07) is 4.15. The first kappa shape index (κ1) is 15.0. The van der Waals surface area contributed by atoms with Crippen LogP contribution in [0, 0.1) is 0 Å². The number of nitrogens with zero attached hydrogens (tertiary/aromatic N) is 2. The van der Waals surface area contributed by atoms with Gasteiger partial charge >= 0.3 is 5.91 Å². The Morgan fingerprint density at radius 1 is 1.40 bits per heavy atom. The Morgan fingerprint density at radius 3 is 2.70 bits per heavy atom. The van der Waals surface area contributed by atoms with Crippen molar-refractivity contribution < 1.29 is 9.21 Å². The van der Waals surface area contributed by atoms with E-state index < -0.39 is 5.91 Å². The van der Waals surface area contributed by atoms with Gasteiger partial charge in [0, 0.05) is 32.2 Å². The smallest absolute Gasteiger partial charge is 0.300 e. The van der Waals surface area contributed by atoms with E-state index in [2.05, 4.69) is 29.1 Å². The van der Waals surface area contributed by atoms with E-state index in [4.69, 9.17) is 10.3 Å². The van der Waals surface area contributed by atoms with Crippen LogP contribution in [0.5, 0.6) is 0 Å². The fourth-order valence-electron chi connectivity index (χ4n) is 2.50. The van der Waals surface area contributed by atoms with Gasteiger partial charge in [-0.1, -0.05) is 6.92 Å². The number of nitrogens with one attached hydrogen (secondary N) is 1. The largest absolute Gasteiger partial charge is 0.455 e. The number of hydrazine groups is 1. The van der Waals surface area contributed by atoms with Gasteiger partial charge in [0.15, 0.2) is 5.76 Å². The fourth-order valence-corrected chi connectivity index (χ4v) is 2.50. The van der Waals surface area contributed by atoms with E-state index in [0.717, 1.165) is 38.5 Å². The minimum Gasteiger partial charge on any atom is -0.455 e. The maximum Gasteiger partial charge on any atom is 0.300 e. The first-order valence-electron chi connectivity index (χ1n) is 7.20. The Bertz CT molecular complexity index is 438. The third-order valence-electron chi connectivity index (χ3n) is 4.02. The average Bonchev–Trinajstić information content (AvgIpc) is 2.95. The second-order valence-electron chi connectivity index (χ2n) is 5.31. The highest BCUT2D eigenvalue weighted by Gasteiger charge is 2.21. The van der Waals surface area contributed by atoms with Gasteiger partial charge < -0.3 is 4.42 Å². The number of nitrogen functional groups attached to an aromatic ring is 1. The molecule has 6 nitrogen and oxygen atoms in total. The van der Waals surface area contributed by atoms with Crippen molar-refractivity contribution in [1.82, 2.24) is 15.2 Å². The topological polar surface area (TPSA) is 74.7 Å². The molecule has 6 heteroatoms. The number of hydrogen-bond acceptors (Lipinski definition) is 5. The van der Waals surface area contributed by atoms with Gasteiger partial charge in [-0.15, -0.1) is 0 Å². The van der Waals surface area contributed by atoms with Crippen LogP contribution in [-0.2, 0) is 6.54 Å². The van der Waals surface area contributed by atoms with Crippen LogP contribution in [-0.4, -0.2) is 47.9 Å². The van der Waals surface area contributed by atoms with Crippen molar-refractivity contribution in [2.45, 2.75) is 32.9 Å². The van der Waals surface area contributed by atoms with Crippen molar-refractivity contribution in [2.24, 2.45) is 5.84 Å². The van der Waals surface area contributed by atoms with E-state index in [1.54, 1.807) is 6.07 Å². The Hall–Kier alpha value is -1.37. The number of furan rings is 1. The van der Waals surface area contributed by atoms with Gasteiger partial charge in [-0.25, -0.2) is 5.84 Å². The van der Waals surface area contributed by atoms with Crippen molar-refractivity contribution in [3.63, 3.8) is 0 Å². The van der Waals surface area contributed by atoms with Crippen LogP contribution < -0.4 is 11.3 Å². The third-order valence-corrected chi connectivity index (χ3v) is 4.02. The molecular formula is C14H24N4O2. The van der Waals surface area contributed by atoms with Crippen LogP contribution in [0.4, 0.5) is 0 Å². The van der Waals surface area contributed by atoms with Gasteiger partial charge in [0.1, 0.15) is 5.76 Å². The van der Waals surface area contributed by atoms with Gasteiger partial charge in [-0.05, 0) is 25.5 Å². The molecule has 1 aliphatic heterocycles. The molecule has 1 atom stereocenters. The molecule has 0 saturated carbocycles. The minimum atomic E-state index is -0.391. The van der Waals surface area contributed by atoms with Crippen LogP contribution >= 0.6 is 0 Å². The number of carbonyl (C=O) groups is 1. The van der Waals surface area contributed by atoms with Crippen molar-refractivity contribution in [2.75, 3.05) is 26.2 Å². The zero-order valence-electron chi connectivity index (χ0n) is 12.3. The van der Waals surface area contributed by atoms with E-state index in [-0.39, 0.29) is 5.76 Å². The number of hydrogen-bond donors (Lipinski definition) is 2. The number of nitrogens with two attached hydrogens (primary N) is 1. The molecule has 20 heavy (non-hydrogen) atoms. The maximum atomic E-state index is 11.3. The third kappa shape index (κ3) is 3.59. The molecule has 1 amide bonds. The van der Waals surface area contributed by atoms with Gasteiger partial charge in [0.25, 0.3) is 0 Å². The van der Waals surface area contributed by atoms with E-state index in [1.807, 2.05) is 6.07 Å². The number of rotatable bonds is 5. The average molecular weight is 280 g/mol. The molecule has 0 aliphatic carbocycles. The van der Waals surface area contributed by atoms with Gasteiger partial charge in [-0.3, -0.25) is 20.0 Å². The lowest BCUT2D eigenvalue weighted by Crippen LogP contribution is -2.48. The summed E-state index contributed by atoms with van der Waals surface area (Å²) in [5.74, 6) is 5.76. The van der Waals surface area contributed by atoms with E-state index >= 15 is 0 Å². The number of carbonyl (C=O) groups excluding carboxylic acids is 1. The molecule has 0 spiro atoms. The van der Waals surface area contributed by atoms with E-state index in [1.165, 1.54) is 6.42 Å². The van der Waals surface area contributed by atoms with Crippen molar-refractivity contribution in [3.05, 3.63) is 23.7 Å². The number of piperazine rings is 1. The van der Waals surface area contributed by atoms with Crippen LogP contribution in [0.2, 0.25) is 0 Å². The molecular weight excluding hydrogens is 256 g/mol. The molecule has 1 aliphatic rings. The maximum absolute atomic E-state index is 11.3. The predicted octanol–water partition coefficient (Wildman–Crippen LogP) is 0.799. The van der Waals surface area contributed by atoms with Crippen LogP contribution in [0.3, 0.4) is 0 Å². The van der Waals surface area contributed by atoms with Gasteiger partial charge in [0.2, 0.25) is 0 Å². The Kier molecular flexibility index (Phi) is 5.17. The van der Waals surface area contributed by atoms with Crippen molar-refractivity contribution in [3.8, 4) is 0 Å². The molecule has 0 bridgehead atoms. The molecule has 1 aromatic heterocycles. The highest BCUT2D eigenvalue weighted by Crippen LogP contribution is 2.14. The van der Waals surface area contributed by atoms with Crippen LogP contribution in [0.15, 0.2) is 16.5 Å². The Balaban J connectivity index is 1.83. The highest BCUT2D eigenvalue weighted by atomic mass is 16.4. The van der Waals surface area contributed by atoms with Crippen LogP contribution in [0.25, 0.3) is 0 Å². The van der Waals surface area contributed by atoms with Crippen LogP contribution in [0.1, 0.15) is 36.6 Å². The van der Waals surface area contributed by atoms with Gasteiger partial charge in [0.05, 0.1) is 6.54 Å². The monoisotopic (exact) mass is 280 g/mol. The van der Waals surface area contributed by atoms with E-state index in [0.29, 0.717) is 6.04 Å². The molecule has 1 aromatic rings. The molecule has 1 saturated heterocycles. The molecule has 0 radical (unpaired) electrons. The molecule has 2 heterocycles. The Labute approximate surface area is 119 Å². The summed E-state index contributed by atoms with van der Waals surface area (Å²) in [5, 5.41) is 0. The minimum absolute atomic E-state index is 0.265. The molecule has 2 rings (SSSR count). The Morgan fingerprint density at radius 2 is 2.10 bits per heavy atom. The highest BCUT2D eigenvalue weighted by molar-refractivity contribution is 5.90. The number of amides is 1. The van der Waals surface area contributed by atoms with Crippen molar-refractivity contribution >= 4 is 5.91 Å². The normalized spacial score (nSPS) is 18.9. The van der Waals surface area contributed by atoms with Crippen molar-refractivity contribution in [1.29, 1.82) is 0 Å². The lowest BCUT2D eigenvalue weighted by Gasteiger charge is -2.37. The lowest BCUT2D eigenvalue weighted by molar-refractivity contribution is 0.0879. The lowest BCUT2D eigenvalue weighted by atomic mass is 10.2. The fraction of sp³-hybridized carbons (Fsp3) is 0.643. The summed E-state index contributed by atoms with van der Waals surface area (Å²) in [6.45, 7) is 9.49. The second-order valence-corrected chi connectivity index (χ2v) is 5.31. The molecule has 3 N–H and O–H groups in total. The quantitative estimate of drug-likeness (QED) is 0.474.